The van der Waals surface area contributed by atoms with E-state index in [0.717, 1.165) is 53.8 Å². The Hall–Kier alpha value is -2.82. The molecular formula is C17H16B2N4O. The second kappa shape index (κ2) is 6.00. The molecule has 5 nitrogen and oxygen atoms in total. The van der Waals surface area contributed by atoms with E-state index in [4.69, 9.17) is 0 Å². The van der Waals surface area contributed by atoms with E-state index in [2.05, 4.69) is 30.2 Å². The molecule has 1 aromatic heterocycles. The molecule has 1 amide bonds. The lowest BCUT2D eigenvalue weighted by Gasteiger charge is -2.25. The van der Waals surface area contributed by atoms with Crippen LogP contribution in [0.25, 0.3) is 22.5 Å². The number of para-hydroxylation sites is 1. The average Bonchev–Trinajstić information content (AvgIpc) is 3.02. The summed E-state index contributed by atoms with van der Waals surface area (Å²) < 4.78 is 1.97. The molecule has 24 heavy (non-hydrogen) atoms. The Balaban J connectivity index is 2.06. The third kappa shape index (κ3) is 2.24. The minimum Gasteiger partial charge on any atom is -0.310 e. The van der Waals surface area contributed by atoms with Crippen LogP contribution in [0.1, 0.15) is 5.56 Å². The lowest BCUT2D eigenvalue weighted by Crippen LogP contribution is -2.23. The molecule has 0 saturated carbocycles. The third-order valence-corrected chi connectivity index (χ3v) is 4.38. The fourth-order valence-corrected chi connectivity index (χ4v) is 3.31. The zero-order valence-corrected chi connectivity index (χ0v) is 13.5. The number of nitrogens with zero attached hydrogens (tertiary/aromatic N) is 4. The van der Waals surface area contributed by atoms with E-state index in [-0.39, 0.29) is 0 Å². The van der Waals surface area contributed by atoms with Gasteiger partial charge >= 0.3 is 0 Å². The van der Waals surface area contributed by atoms with Crippen LogP contribution in [0.5, 0.6) is 0 Å². The summed E-state index contributed by atoms with van der Waals surface area (Å²) in [5.74, 6) is 0. The number of carbonyl (C=O) groups excluding carboxylic acids is 1. The van der Waals surface area contributed by atoms with Crippen LogP contribution in [0.4, 0.5) is 5.69 Å². The van der Waals surface area contributed by atoms with Crippen LogP contribution in [0.2, 0.25) is 0 Å². The molecule has 2 heterocycles. The number of hydrogen-bond acceptors (Lipinski definition) is 3. The van der Waals surface area contributed by atoms with Gasteiger partial charge in [-0.05, 0) is 11.6 Å². The second-order valence-electron chi connectivity index (χ2n) is 5.92. The largest absolute Gasteiger partial charge is 0.310 e. The molecule has 7 heteroatoms. The molecule has 0 unspecified atom stereocenters. The van der Waals surface area contributed by atoms with Crippen LogP contribution in [-0.4, -0.2) is 36.3 Å². The van der Waals surface area contributed by atoms with Crippen molar-refractivity contribution in [3.05, 3.63) is 54.1 Å². The molecule has 116 valence electrons. The zero-order valence-electron chi connectivity index (χ0n) is 13.5. The maximum atomic E-state index is 11.7. The van der Waals surface area contributed by atoms with E-state index in [1.807, 2.05) is 41.1 Å². The highest BCUT2D eigenvalue weighted by Crippen LogP contribution is 2.40. The van der Waals surface area contributed by atoms with Crippen LogP contribution in [0.3, 0.4) is 0 Å². The Morgan fingerprint density at radius 3 is 2.67 bits per heavy atom. The van der Waals surface area contributed by atoms with E-state index in [1.54, 1.807) is 4.90 Å². The Morgan fingerprint density at radius 2 is 1.88 bits per heavy atom. The molecule has 0 fully saturated rings. The molecule has 4 rings (SSSR count). The minimum absolute atomic E-state index is 0.535. The van der Waals surface area contributed by atoms with Crippen molar-refractivity contribution in [3.63, 3.8) is 0 Å². The lowest BCUT2D eigenvalue weighted by molar-refractivity contribution is -0.107. The van der Waals surface area contributed by atoms with Crippen molar-refractivity contribution in [2.45, 2.75) is 13.0 Å². The fraction of sp³-hybridized carbons (Fsp3) is 0.118. The topological polar surface area (TPSA) is 51.0 Å². The predicted molar refractivity (Wildman–Crippen MR) is 98.8 cm³/mol. The van der Waals surface area contributed by atoms with Gasteiger partial charge in [0.15, 0.2) is 0 Å². The molecule has 3 aromatic rings. The third-order valence-electron chi connectivity index (χ3n) is 4.38. The normalized spacial score (nSPS) is 12.4. The van der Waals surface area contributed by atoms with Gasteiger partial charge in [-0.2, -0.15) is 0 Å². The highest BCUT2D eigenvalue weighted by atomic mass is 16.1. The Kier molecular flexibility index (Phi) is 3.69. The van der Waals surface area contributed by atoms with Crippen LogP contribution in [0.15, 0.2) is 48.5 Å². The molecule has 0 saturated heterocycles. The first-order chi connectivity index (χ1) is 11.8. The van der Waals surface area contributed by atoms with E-state index in [1.165, 1.54) is 0 Å². The van der Waals surface area contributed by atoms with Crippen molar-refractivity contribution >= 4 is 27.0 Å². The summed E-state index contributed by atoms with van der Waals surface area (Å²) in [6.45, 7) is 0.535. The summed E-state index contributed by atoms with van der Waals surface area (Å²) in [4.78, 5) is 13.4. The van der Waals surface area contributed by atoms with Crippen LogP contribution in [-0.2, 0) is 17.8 Å². The van der Waals surface area contributed by atoms with E-state index < -0.39 is 0 Å². The fourth-order valence-electron chi connectivity index (χ4n) is 3.31. The molecule has 0 N–H and O–H groups in total. The van der Waals surface area contributed by atoms with Crippen molar-refractivity contribution in [2.75, 3.05) is 4.90 Å². The molecule has 0 spiro atoms. The molecular weight excluding hydrogens is 298 g/mol. The number of anilines is 1. The zero-order chi connectivity index (χ0) is 16.5. The first-order valence-electron chi connectivity index (χ1n) is 8.16. The Labute approximate surface area is 141 Å². The monoisotopic (exact) mass is 314 g/mol. The number of benzene rings is 2. The quantitative estimate of drug-likeness (QED) is 0.536. The maximum absolute atomic E-state index is 11.7. The van der Waals surface area contributed by atoms with Crippen LogP contribution >= 0.6 is 0 Å². The molecule has 0 radical (unpaired) electrons. The van der Waals surface area contributed by atoms with Crippen molar-refractivity contribution < 1.29 is 4.79 Å². The maximum Gasteiger partial charge on any atom is 0.214 e. The summed E-state index contributed by atoms with van der Waals surface area (Å²) in [6, 6.07) is 16.0. The second-order valence-corrected chi connectivity index (χ2v) is 5.92. The van der Waals surface area contributed by atoms with Crippen LogP contribution in [0, 0.1) is 0 Å². The summed E-state index contributed by atoms with van der Waals surface area (Å²) in [5.41, 5.74) is 5.86. The van der Waals surface area contributed by atoms with Gasteiger partial charge in [-0.15, -0.1) is 5.10 Å². The van der Waals surface area contributed by atoms with E-state index in [0.29, 0.717) is 6.54 Å². The van der Waals surface area contributed by atoms with Crippen LogP contribution < -0.4 is 4.90 Å². The highest BCUT2D eigenvalue weighted by molar-refractivity contribution is 6.88. The molecule has 0 aliphatic carbocycles. The Morgan fingerprint density at radius 1 is 1.12 bits per heavy atom. The highest BCUT2D eigenvalue weighted by Gasteiger charge is 2.25. The van der Waals surface area contributed by atoms with Crippen molar-refractivity contribution in [1.82, 2.24) is 15.0 Å². The first kappa shape index (κ1) is 14.8. The summed E-state index contributed by atoms with van der Waals surface area (Å²) in [6.07, 6.45) is 1.70. The van der Waals surface area contributed by atoms with Gasteiger partial charge in [0.05, 0.1) is 25.7 Å². The van der Waals surface area contributed by atoms with Gasteiger partial charge < -0.3 is 4.90 Å². The summed E-state index contributed by atoms with van der Waals surface area (Å²) >= 11 is 0. The summed E-state index contributed by atoms with van der Waals surface area (Å²) in [5, 5.41) is 8.84. The van der Waals surface area contributed by atoms with Gasteiger partial charge in [0.2, 0.25) is 6.41 Å². The molecule has 1 aliphatic heterocycles. The average molecular weight is 314 g/mol. The molecule has 0 bridgehead atoms. The first-order valence-corrected chi connectivity index (χ1v) is 8.16. The van der Waals surface area contributed by atoms with E-state index >= 15 is 0 Å². The lowest BCUT2D eigenvalue weighted by atomic mass is 9.56. The van der Waals surface area contributed by atoms with Gasteiger partial charge in [-0.1, -0.05) is 47.7 Å². The van der Waals surface area contributed by atoms with Gasteiger partial charge in [-0.25, -0.2) is 0 Å². The molecule has 2 aromatic carbocycles. The number of rotatable bonds is 3. The van der Waals surface area contributed by atoms with Crippen molar-refractivity contribution in [1.29, 1.82) is 0 Å². The number of amides is 1. The van der Waals surface area contributed by atoms with Crippen molar-refractivity contribution in [2.24, 2.45) is 0 Å². The predicted octanol–water partition coefficient (Wildman–Crippen LogP) is 1.03. The van der Waals surface area contributed by atoms with Gasteiger partial charge in [-0.3, -0.25) is 9.48 Å². The molecule has 0 atom stereocenters. The smallest absolute Gasteiger partial charge is 0.214 e. The SMILES string of the molecule is BBCn1nnc2c1-c1ccccc1CN(C=O)c1ccccc1-2. The van der Waals surface area contributed by atoms with E-state index in [9.17, 15) is 4.79 Å². The Bertz CT molecular complexity index is 909. The van der Waals surface area contributed by atoms with Gasteiger partial charge in [0.25, 0.3) is 0 Å². The standard InChI is InChI=1S/C17H16B2N4O/c18-19-10-23-17-13-6-2-1-5-12(13)9-22(11-24)15-8-4-3-7-14(15)16(17)20-21-23/h1-8,11,19H,9-10,18H2. The van der Waals surface area contributed by atoms with Crippen molar-refractivity contribution in [3.8, 4) is 22.5 Å². The van der Waals surface area contributed by atoms with Gasteiger partial charge in [0.1, 0.15) is 12.9 Å². The number of carbonyl (C=O) groups is 1. The summed E-state index contributed by atoms with van der Waals surface area (Å²) in [7, 11) is 3.12. The number of aromatic nitrogens is 3. The number of hydrogen-bond donors (Lipinski definition) is 0. The number of fused-ring (bicyclic) bond motifs is 5. The minimum atomic E-state index is 0.535. The van der Waals surface area contributed by atoms with Gasteiger partial charge in [0, 0.05) is 17.6 Å². The molecule has 1 aliphatic rings.